The highest BCUT2D eigenvalue weighted by Crippen LogP contribution is 2.50. The van der Waals surface area contributed by atoms with Crippen LogP contribution in [-0.2, 0) is 24.4 Å². The molecule has 8 nitrogen and oxygen atoms in total. The second-order valence-corrected chi connectivity index (χ2v) is 17.6. The fourth-order valence-corrected chi connectivity index (χ4v) is 8.84. The second kappa shape index (κ2) is 15.3. The van der Waals surface area contributed by atoms with Crippen LogP contribution in [0.4, 0.5) is 0 Å². The van der Waals surface area contributed by atoms with Crippen LogP contribution in [0.3, 0.4) is 0 Å². The lowest BCUT2D eigenvalue weighted by Crippen LogP contribution is -2.46. The summed E-state index contributed by atoms with van der Waals surface area (Å²) in [5.74, 6) is 2.60. The van der Waals surface area contributed by atoms with Gasteiger partial charge in [0.15, 0.2) is 0 Å². The van der Waals surface area contributed by atoms with Gasteiger partial charge in [-0.25, -0.2) is 16.8 Å². The number of hydrogen-bond acceptors (Lipinski definition) is 8. The monoisotopic (exact) mass is 591 g/mol. The largest absolute Gasteiger partial charge is 0.383 e. The van der Waals surface area contributed by atoms with Crippen molar-refractivity contribution in [3.8, 4) is 0 Å². The Hall–Kier alpha value is -0.260. The lowest BCUT2D eigenvalue weighted by atomic mass is 9.60. The molecule has 0 bridgehead atoms. The minimum Gasteiger partial charge on any atom is -0.383 e. The molecule has 0 aromatic carbocycles. The molecular formula is C29H57N3O5S2. The van der Waals surface area contributed by atoms with E-state index in [1.807, 2.05) is 0 Å². The van der Waals surface area contributed by atoms with E-state index in [4.69, 9.17) is 4.74 Å². The molecule has 0 aromatic rings. The van der Waals surface area contributed by atoms with Crippen LogP contribution in [-0.4, -0.2) is 128 Å². The van der Waals surface area contributed by atoms with E-state index in [1.54, 1.807) is 7.11 Å². The zero-order valence-corrected chi connectivity index (χ0v) is 26.9. The molecule has 0 N–H and O–H groups in total. The van der Waals surface area contributed by atoms with Gasteiger partial charge in [0.1, 0.15) is 19.7 Å². The normalized spacial score (nSPS) is 25.6. The Kier molecular flexibility index (Phi) is 13.0. The van der Waals surface area contributed by atoms with Crippen LogP contribution < -0.4 is 0 Å². The van der Waals surface area contributed by atoms with Crippen molar-refractivity contribution in [2.24, 2.45) is 23.2 Å². The Morgan fingerprint density at radius 3 is 1.82 bits per heavy atom. The first-order valence-corrected chi connectivity index (χ1v) is 19.5. The van der Waals surface area contributed by atoms with E-state index in [1.165, 1.54) is 70.3 Å². The Bertz CT molecular complexity index is 929. The van der Waals surface area contributed by atoms with Gasteiger partial charge in [0.05, 0.1) is 18.1 Å². The fraction of sp³-hybridized carbons (Fsp3) is 1.00. The van der Waals surface area contributed by atoms with Crippen molar-refractivity contribution in [1.82, 2.24) is 14.7 Å². The number of hydrogen-bond donors (Lipinski definition) is 0. The summed E-state index contributed by atoms with van der Waals surface area (Å²) in [6, 6.07) is 0. The van der Waals surface area contributed by atoms with E-state index in [9.17, 15) is 16.8 Å². The van der Waals surface area contributed by atoms with Gasteiger partial charge in [0, 0.05) is 45.8 Å². The Morgan fingerprint density at radius 2 is 1.26 bits per heavy atom. The zero-order valence-electron chi connectivity index (χ0n) is 25.3. The molecule has 230 valence electrons. The Balaban J connectivity index is 1.66. The molecule has 0 aliphatic carbocycles. The number of piperidine rings is 3. The highest BCUT2D eigenvalue weighted by Gasteiger charge is 2.43. The summed E-state index contributed by atoms with van der Waals surface area (Å²) in [5, 5.41) is 0. The van der Waals surface area contributed by atoms with Gasteiger partial charge < -0.3 is 19.4 Å². The molecule has 0 spiro atoms. The minimum atomic E-state index is -2.94. The van der Waals surface area contributed by atoms with Crippen molar-refractivity contribution in [2.75, 3.05) is 96.6 Å². The quantitative estimate of drug-likeness (QED) is 0.287. The molecule has 0 aromatic heterocycles. The van der Waals surface area contributed by atoms with E-state index in [0.717, 1.165) is 58.3 Å². The van der Waals surface area contributed by atoms with Crippen LogP contribution in [0, 0.1) is 23.2 Å². The van der Waals surface area contributed by atoms with E-state index >= 15 is 0 Å². The summed E-state index contributed by atoms with van der Waals surface area (Å²) in [5.41, 5.74) is 0.331. The van der Waals surface area contributed by atoms with Gasteiger partial charge >= 0.3 is 0 Å². The number of sulfone groups is 2. The maximum Gasteiger partial charge on any atom is 0.148 e. The third-order valence-electron chi connectivity index (χ3n) is 10.0. The average molecular weight is 592 g/mol. The summed E-state index contributed by atoms with van der Waals surface area (Å²) in [7, 11) is -4.08. The van der Waals surface area contributed by atoms with Crippen LogP contribution in [0.1, 0.15) is 64.7 Å². The lowest BCUT2D eigenvalue weighted by molar-refractivity contribution is 0.00209. The molecule has 3 heterocycles. The first kappa shape index (κ1) is 33.2. The molecule has 10 heteroatoms. The molecule has 0 saturated carbocycles. The Morgan fingerprint density at radius 1 is 0.718 bits per heavy atom. The van der Waals surface area contributed by atoms with Crippen LogP contribution in [0.2, 0.25) is 0 Å². The highest BCUT2D eigenvalue weighted by atomic mass is 32.2. The van der Waals surface area contributed by atoms with Gasteiger partial charge in [0.2, 0.25) is 0 Å². The van der Waals surface area contributed by atoms with Gasteiger partial charge in [-0.2, -0.15) is 0 Å². The molecule has 3 fully saturated rings. The topological polar surface area (TPSA) is 87.2 Å². The Labute approximate surface area is 240 Å². The fourth-order valence-electron chi connectivity index (χ4n) is 7.66. The molecule has 3 aliphatic heterocycles. The molecular weight excluding hydrogens is 534 g/mol. The highest BCUT2D eigenvalue weighted by molar-refractivity contribution is 7.90. The van der Waals surface area contributed by atoms with Crippen molar-refractivity contribution >= 4 is 19.7 Å². The molecule has 3 rings (SSSR count). The first-order chi connectivity index (χ1) is 18.4. The van der Waals surface area contributed by atoms with Crippen LogP contribution in [0.15, 0.2) is 0 Å². The minimum absolute atomic E-state index is 0.260. The predicted molar refractivity (Wildman–Crippen MR) is 161 cm³/mol. The summed E-state index contributed by atoms with van der Waals surface area (Å²) >= 11 is 0. The maximum absolute atomic E-state index is 11.8. The smallest absolute Gasteiger partial charge is 0.148 e. The van der Waals surface area contributed by atoms with E-state index in [2.05, 4.69) is 21.6 Å². The summed E-state index contributed by atoms with van der Waals surface area (Å²) in [6.07, 6.45) is 13.7. The summed E-state index contributed by atoms with van der Waals surface area (Å²) in [6.45, 7) is 12.0. The molecule has 2 atom stereocenters. The molecule has 39 heavy (non-hydrogen) atoms. The number of ether oxygens (including phenoxy) is 1. The van der Waals surface area contributed by atoms with Crippen LogP contribution in [0.5, 0.6) is 0 Å². The maximum atomic E-state index is 11.8. The van der Waals surface area contributed by atoms with E-state index in [0.29, 0.717) is 30.3 Å². The van der Waals surface area contributed by atoms with Gasteiger partial charge in [-0.1, -0.05) is 13.3 Å². The van der Waals surface area contributed by atoms with Gasteiger partial charge in [-0.05, 0) is 107 Å². The van der Waals surface area contributed by atoms with Gasteiger partial charge in [-0.15, -0.1) is 0 Å². The van der Waals surface area contributed by atoms with E-state index in [-0.39, 0.29) is 11.5 Å². The number of likely N-dealkylation sites (tertiary alicyclic amines) is 3. The summed E-state index contributed by atoms with van der Waals surface area (Å²) in [4.78, 5) is 7.32. The average Bonchev–Trinajstić information content (AvgIpc) is 2.89. The van der Waals surface area contributed by atoms with Crippen molar-refractivity contribution in [2.45, 2.75) is 64.7 Å². The van der Waals surface area contributed by atoms with Crippen molar-refractivity contribution < 1.29 is 21.6 Å². The van der Waals surface area contributed by atoms with E-state index < -0.39 is 19.7 Å². The first-order valence-electron chi connectivity index (χ1n) is 15.4. The van der Waals surface area contributed by atoms with Gasteiger partial charge in [0.25, 0.3) is 0 Å². The predicted octanol–water partition coefficient (Wildman–Crippen LogP) is 3.03. The SMILES string of the molecule is CCC(CC1CCN(CCS(C)(=O)=O)CC1)(CC1CCCN(CCS(C)(=O)=O)C1)C1CCN(CCOC)CC1. The molecule has 2 unspecified atom stereocenters. The second-order valence-electron chi connectivity index (χ2n) is 13.1. The molecule has 0 amide bonds. The van der Waals surface area contributed by atoms with Gasteiger partial charge in [-0.3, -0.25) is 0 Å². The summed E-state index contributed by atoms with van der Waals surface area (Å²) < 4.78 is 52.2. The van der Waals surface area contributed by atoms with Crippen LogP contribution >= 0.6 is 0 Å². The third-order valence-corrected chi connectivity index (χ3v) is 11.9. The lowest BCUT2D eigenvalue weighted by Gasteiger charge is -2.50. The van der Waals surface area contributed by atoms with Crippen molar-refractivity contribution in [3.63, 3.8) is 0 Å². The molecule has 0 radical (unpaired) electrons. The number of methoxy groups -OCH3 is 1. The van der Waals surface area contributed by atoms with Crippen molar-refractivity contribution in [3.05, 3.63) is 0 Å². The molecule has 3 aliphatic rings. The number of rotatable bonds is 15. The van der Waals surface area contributed by atoms with Crippen LogP contribution in [0.25, 0.3) is 0 Å². The third kappa shape index (κ3) is 11.5. The molecule has 3 saturated heterocycles. The zero-order chi connectivity index (χ0) is 28.5. The standard InChI is InChI=1S/C29H57N3O5S2/c1-5-29(28-10-15-30(16-11-28)17-20-37-2,23-26-8-13-31(14-9-26)18-21-38(3,33)34)24-27-7-6-12-32(25-27)19-22-39(4,35)36/h26-28H,5-25H2,1-4H3. The number of nitrogens with zero attached hydrogens (tertiary/aromatic N) is 3. The van der Waals surface area contributed by atoms with Crippen molar-refractivity contribution in [1.29, 1.82) is 0 Å².